The average molecular weight is 339 g/mol. The van der Waals surface area contributed by atoms with Crippen LogP contribution in [0.2, 0.25) is 0 Å². The number of carboxylic acid groups (broad SMARTS) is 2. The molecule has 0 saturated heterocycles. The van der Waals surface area contributed by atoms with Crippen LogP contribution < -0.4 is 4.90 Å². The van der Waals surface area contributed by atoms with Crippen LogP contribution in [0.5, 0.6) is 0 Å². The van der Waals surface area contributed by atoms with E-state index in [9.17, 15) is 19.8 Å². The zero-order valence-corrected chi connectivity index (χ0v) is 13.8. The van der Waals surface area contributed by atoms with Crippen molar-refractivity contribution in [3.05, 3.63) is 60.7 Å². The van der Waals surface area contributed by atoms with E-state index in [-0.39, 0.29) is 0 Å². The molecule has 25 heavy (non-hydrogen) atoms. The van der Waals surface area contributed by atoms with Crippen LogP contribution in [0.15, 0.2) is 60.7 Å². The first kappa shape index (κ1) is 17.0. The molecule has 1 aliphatic carbocycles. The second-order valence-corrected chi connectivity index (χ2v) is 6.46. The van der Waals surface area contributed by atoms with E-state index in [4.69, 9.17) is 0 Å². The van der Waals surface area contributed by atoms with Crippen molar-refractivity contribution in [3.8, 4) is 0 Å². The van der Waals surface area contributed by atoms with Gasteiger partial charge in [0.2, 0.25) is 0 Å². The summed E-state index contributed by atoms with van der Waals surface area (Å²) in [5.74, 6) is -2.23. The highest BCUT2D eigenvalue weighted by Crippen LogP contribution is 2.43. The average Bonchev–Trinajstić information content (AvgIpc) is 2.64. The Balaban J connectivity index is 2.07. The summed E-state index contributed by atoms with van der Waals surface area (Å²) in [5.41, 5.74) is 0.448. The van der Waals surface area contributed by atoms with E-state index in [0.29, 0.717) is 25.7 Å². The summed E-state index contributed by atoms with van der Waals surface area (Å²) in [6.07, 6.45) is 1.31. The van der Waals surface area contributed by atoms with Crippen molar-refractivity contribution in [2.75, 3.05) is 4.90 Å². The molecule has 0 spiro atoms. The third-order valence-corrected chi connectivity index (χ3v) is 5.02. The standard InChI is InChI=1S/C20H21NO4/c22-18(23)15-11-13-20(14-12-15,19(24)25)21(16-7-3-1-4-8-16)17-9-5-2-6-10-17/h1-10,15H,11-14H2,(H,22,23)(H,24,25). The lowest BCUT2D eigenvalue weighted by Crippen LogP contribution is -2.55. The third-order valence-electron chi connectivity index (χ3n) is 5.02. The molecule has 0 radical (unpaired) electrons. The highest BCUT2D eigenvalue weighted by Gasteiger charge is 2.48. The minimum atomic E-state index is -1.14. The largest absolute Gasteiger partial charge is 0.481 e. The SMILES string of the molecule is O=C(O)C1CCC(C(=O)O)(N(c2ccccc2)c2ccccc2)CC1. The van der Waals surface area contributed by atoms with Gasteiger partial charge in [-0.1, -0.05) is 36.4 Å². The normalized spacial score (nSPS) is 23.0. The van der Waals surface area contributed by atoms with Crippen LogP contribution in [-0.4, -0.2) is 27.7 Å². The van der Waals surface area contributed by atoms with E-state index in [2.05, 4.69) is 0 Å². The van der Waals surface area contributed by atoms with Gasteiger partial charge in [0.25, 0.3) is 0 Å². The molecule has 0 atom stereocenters. The van der Waals surface area contributed by atoms with Crippen LogP contribution in [0.4, 0.5) is 11.4 Å². The topological polar surface area (TPSA) is 77.8 Å². The van der Waals surface area contributed by atoms with Gasteiger partial charge in [-0.15, -0.1) is 0 Å². The number of rotatable bonds is 5. The summed E-state index contributed by atoms with van der Waals surface area (Å²) >= 11 is 0. The Hall–Kier alpha value is -2.82. The first-order valence-corrected chi connectivity index (χ1v) is 8.41. The van der Waals surface area contributed by atoms with Crippen molar-refractivity contribution >= 4 is 23.3 Å². The molecule has 0 unspecified atom stereocenters. The molecule has 5 nitrogen and oxygen atoms in total. The van der Waals surface area contributed by atoms with Gasteiger partial charge in [-0.25, -0.2) is 4.79 Å². The Labute approximate surface area is 146 Å². The second kappa shape index (κ2) is 6.97. The van der Waals surface area contributed by atoms with Gasteiger partial charge in [0.05, 0.1) is 5.92 Å². The van der Waals surface area contributed by atoms with Crippen molar-refractivity contribution in [2.24, 2.45) is 5.92 Å². The lowest BCUT2D eigenvalue weighted by Gasteiger charge is -2.45. The van der Waals surface area contributed by atoms with Crippen molar-refractivity contribution in [1.29, 1.82) is 0 Å². The summed E-state index contributed by atoms with van der Waals surface area (Å²) < 4.78 is 0. The molecule has 1 fully saturated rings. The number of para-hydroxylation sites is 2. The zero-order chi connectivity index (χ0) is 17.9. The first-order valence-electron chi connectivity index (χ1n) is 8.41. The Morgan fingerprint density at radius 2 is 1.28 bits per heavy atom. The smallest absolute Gasteiger partial charge is 0.329 e. The van der Waals surface area contributed by atoms with Gasteiger partial charge >= 0.3 is 11.9 Å². The number of benzene rings is 2. The van der Waals surface area contributed by atoms with E-state index >= 15 is 0 Å². The number of carboxylic acids is 2. The fraction of sp³-hybridized carbons (Fsp3) is 0.300. The molecule has 2 N–H and O–H groups in total. The molecule has 2 aromatic carbocycles. The number of carbonyl (C=O) groups is 2. The summed E-state index contributed by atoms with van der Waals surface area (Å²) in [7, 11) is 0. The molecule has 3 rings (SSSR count). The molecule has 1 saturated carbocycles. The third kappa shape index (κ3) is 3.22. The first-order chi connectivity index (χ1) is 12.0. The Kier molecular flexibility index (Phi) is 4.74. The van der Waals surface area contributed by atoms with Gasteiger partial charge in [0.1, 0.15) is 5.54 Å². The van der Waals surface area contributed by atoms with E-state index in [1.807, 2.05) is 65.6 Å². The fourth-order valence-corrected chi connectivity index (χ4v) is 3.67. The lowest BCUT2D eigenvalue weighted by atomic mass is 9.74. The maximum Gasteiger partial charge on any atom is 0.329 e. The van der Waals surface area contributed by atoms with Crippen LogP contribution in [0, 0.1) is 5.92 Å². The van der Waals surface area contributed by atoms with Gasteiger partial charge in [0.15, 0.2) is 0 Å². The van der Waals surface area contributed by atoms with Crippen molar-refractivity contribution < 1.29 is 19.8 Å². The zero-order valence-electron chi connectivity index (χ0n) is 13.8. The molecule has 0 bridgehead atoms. The molecule has 0 aromatic heterocycles. The monoisotopic (exact) mass is 339 g/mol. The van der Waals surface area contributed by atoms with Crippen LogP contribution in [0.1, 0.15) is 25.7 Å². The minimum absolute atomic E-state index is 0.295. The van der Waals surface area contributed by atoms with E-state index < -0.39 is 23.4 Å². The maximum absolute atomic E-state index is 12.4. The Morgan fingerprint density at radius 3 is 1.64 bits per heavy atom. The number of hydrogen-bond donors (Lipinski definition) is 2. The Morgan fingerprint density at radius 1 is 0.840 bits per heavy atom. The molecule has 130 valence electrons. The summed E-state index contributed by atoms with van der Waals surface area (Å²) in [5, 5.41) is 19.4. The van der Waals surface area contributed by atoms with Gasteiger partial charge in [-0.3, -0.25) is 4.79 Å². The maximum atomic E-state index is 12.4. The number of nitrogens with zero attached hydrogens (tertiary/aromatic N) is 1. The summed E-state index contributed by atoms with van der Waals surface area (Å²) in [4.78, 5) is 25.5. The summed E-state index contributed by atoms with van der Waals surface area (Å²) in [6.45, 7) is 0. The van der Waals surface area contributed by atoms with Crippen LogP contribution in [0.3, 0.4) is 0 Å². The molecule has 0 heterocycles. The fourth-order valence-electron chi connectivity index (χ4n) is 3.67. The van der Waals surface area contributed by atoms with Crippen LogP contribution >= 0.6 is 0 Å². The minimum Gasteiger partial charge on any atom is -0.481 e. The van der Waals surface area contributed by atoms with Crippen molar-refractivity contribution in [2.45, 2.75) is 31.2 Å². The number of anilines is 2. The van der Waals surface area contributed by atoms with Gasteiger partial charge in [-0.2, -0.15) is 0 Å². The van der Waals surface area contributed by atoms with E-state index in [0.717, 1.165) is 11.4 Å². The van der Waals surface area contributed by atoms with Gasteiger partial charge < -0.3 is 15.1 Å². The van der Waals surface area contributed by atoms with E-state index in [1.54, 1.807) is 0 Å². The molecular weight excluding hydrogens is 318 g/mol. The van der Waals surface area contributed by atoms with Gasteiger partial charge in [-0.05, 0) is 49.9 Å². The predicted octanol–water partition coefficient (Wildman–Crippen LogP) is 3.92. The van der Waals surface area contributed by atoms with Crippen LogP contribution in [-0.2, 0) is 9.59 Å². The van der Waals surface area contributed by atoms with Crippen molar-refractivity contribution in [1.82, 2.24) is 0 Å². The van der Waals surface area contributed by atoms with Crippen molar-refractivity contribution in [3.63, 3.8) is 0 Å². The molecule has 0 amide bonds. The predicted molar refractivity (Wildman–Crippen MR) is 95.0 cm³/mol. The Bertz CT molecular complexity index is 697. The highest BCUT2D eigenvalue weighted by atomic mass is 16.4. The molecular formula is C20H21NO4. The quantitative estimate of drug-likeness (QED) is 0.863. The van der Waals surface area contributed by atoms with Crippen LogP contribution in [0.25, 0.3) is 0 Å². The van der Waals surface area contributed by atoms with Gasteiger partial charge in [0, 0.05) is 11.4 Å². The number of aliphatic carboxylic acids is 2. The lowest BCUT2D eigenvalue weighted by molar-refractivity contribution is -0.149. The summed E-state index contributed by atoms with van der Waals surface area (Å²) in [6, 6.07) is 18.9. The number of hydrogen-bond acceptors (Lipinski definition) is 3. The highest BCUT2D eigenvalue weighted by molar-refractivity contribution is 5.88. The molecule has 2 aromatic rings. The molecule has 1 aliphatic rings. The van der Waals surface area contributed by atoms with E-state index in [1.165, 1.54) is 0 Å². The molecule has 5 heteroatoms. The molecule has 0 aliphatic heterocycles. The second-order valence-electron chi connectivity index (χ2n) is 6.46.